The molecule has 1 atom stereocenters. The normalized spacial score (nSPS) is 19.9. The summed E-state index contributed by atoms with van der Waals surface area (Å²) in [7, 11) is 0. The van der Waals surface area contributed by atoms with Crippen molar-refractivity contribution in [1.29, 1.82) is 0 Å². The topological polar surface area (TPSA) is 42.2 Å². The van der Waals surface area contributed by atoms with Gasteiger partial charge in [0.05, 0.1) is 5.52 Å². The van der Waals surface area contributed by atoms with Gasteiger partial charge in [-0.05, 0) is 55.5 Å². The van der Waals surface area contributed by atoms with Gasteiger partial charge >= 0.3 is 0 Å². The third-order valence-electron chi connectivity index (χ3n) is 4.01. The largest absolute Gasteiger partial charge is 0.399 e. The van der Waals surface area contributed by atoms with Crippen LogP contribution in [-0.2, 0) is 0 Å². The van der Waals surface area contributed by atoms with Gasteiger partial charge in [0.2, 0.25) is 0 Å². The van der Waals surface area contributed by atoms with Crippen LogP contribution in [0.25, 0.3) is 10.9 Å². The summed E-state index contributed by atoms with van der Waals surface area (Å²) in [5.41, 5.74) is 8.96. The number of nitrogens with zero attached hydrogens (tertiary/aromatic N) is 2. The van der Waals surface area contributed by atoms with Crippen molar-refractivity contribution >= 4 is 22.4 Å². The molecule has 3 nitrogen and oxygen atoms in total. The molecule has 2 N–H and O–H groups in total. The van der Waals surface area contributed by atoms with Gasteiger partial charge < -0.3 is 10.6 Å². The van der Waals surface area contributed by atoms with Gasteiger partial charge in [-0.3, -0.25) is 0 Å². The van der Waals surface area contributed by atoms with Crippen LogP contribution in [-0.4, -0.2) is 18.1 Å². The van der Waals surface area contributed by atoms with Crippen LogP contribution in [0.2, 0.25) is 0 Å². The van der Waals surface area contributed by atoms with Gasteiger partial charge in [-0.1, -0.05) is 6.92 Å². The van der Waals surface area contributed by atoms with Gasteiger partial charge in [0, 0.05) is 24.2 Å². The lowest BCUT2D eigenvalue weighted by atomic mass is 10.00. The highest BCUT2D eigenvalue weighted by molar-refractivity contribution is 5.86. The molecule has 1 fully saturated rings. The Morgan fingerprint density at radius 3 is 2.95 bits per heavy atom. The maximum Gasteiger partial charge on any atom is 0.129 e. The molecule has 0 spiro atoms. The quantitative estimate of drug-likeness (QED) is 0.794. The minimum absolute atomic E-state index is 0.762. The minimum Gasteiger partial charge on any atom is -0.399 e. The molecule has 1 saturated heterocycles. The van der Waals surface area contributed by atoms with E-state index in [4.69, 9.17) is 10.7 Å². The summed E-state index contributed by atoms with van der Waals surface area (Å²) in [4.78, 5) is 7.22. The van der Waals surface area contributed by atoms with Gasteiger partial charge in [-0.2, -0.15) is 0 Å². The van der Waals surface area contributed by atoms with E-state index in [0.29, 0.717) is 0 Å². The van der Waals surface area contributed by atoms with E-state index in [1.165, 1.54) is 18.4 Å². The molecule has 1 aliphatic rings. The van der Waals surface area contributed by atoms with Crippen LogP contribution >= 0.6 is 0 Å². The lowest BCUT2D eigenvalue weighted by molar-refractivity contribution is 0.445. The van der Waals surface area contributed by atoms with E-state index < -0.39 is 0 Å². The number of nitrogen functional groups attached to an aromatic ring is 1. The zero-order chi connectivity index (χ0) is 13.4. The Morgan fingerprint density at radius 2 is 2.16 bits per heavy atom. The molecule has 0 saturated carbocycles. The average molecular weight is 255 g/mol. The van der Waals surface area contributed by atoms with E-state index in [9.17, 15) is 0 Å². The summed E-state index contributed by atoms with van der Waals surface area (Å²) < 4.78 is 0. The van der Waals surface area contributed by atoms with Gasteiger partial charge in [0.15, 0.2) is 0 Å². The third-order valence-corrected chi connectivity index (χ3v) is 4.01. The number of piperidine rings is 1. The van der Waals surface area contributed by atoms with E-state index in [1.54, 1.807) is 0 Å². The first-order chi connectivity index (χ1) is 9.13. The molecule has 0 radical (unpaired) electrons. The predicted molar refractivity (Wildman–Crippen MR) is 81.5 cm³/mol. The molecule has 2 heterocycles. The number of aromatic nitrogens is 1. The van der Waals surface area contributed by atoms with Crippen LogP contribution in [0.4, 0.5) is 11.5 Å². The van der Waals surface area contributed by atoms with Gasteiger partial charge in [0.1, 0.15) is 5.82 Å². The summed E-state index contributed by atoms with van der Waals surface area (Å²) in [6, 6.07) is 8.16. The number of hydrogen-bond donors (Lipinski definition) is 1. The second-order valence-electron chi connectivity index (χ2n) is 5.77. The van der Waals surface area contributed by atoms with Gasteiger partial charge in [-0.25, -0.2) is 4.98 Å². The molecule has 19 heavy (non-hydrogen) atoms. The highest BCUT2D eigenvalue weighted by Gasteiger charge is 2.18. The molecule has 100 valence electrons. The minimum atomic E-state index is 0.762. The summed E-state index contributed by atoms with van der Waals surface area (Å²) in [5.74, 6) is 1.87. The molecule has 3 rings (SSSR count). The highest BCUT2D eigenvalue weighted by atomic mass is 15.2. The molecule has 1 aromatic carbocycles. The lowest BCUT2D eigenvalue weighted by Gasteiger charge is -2.32. The Kier molecular flexibility index (Phi) is 3.05. The summed E-state index contributed by atoms with van der Waals surface area (Å²) in [6.45, 7) is 6.70. The van der Waals surface area contributed by atoms with Crippen molar-refractivity contribution in [3.05, 3.63) is 29.8 Å². The molecular formula is C16H21N3. The monoisotopic (exact) mass is 255 g/mol. The molecule has 1 aliphatic heterocycles. The molecule has 1 unspecified atom stereocenters. The first kappa shape index (κ1) is 12.3. The Balaban J connectivity index is 2.03. The van der Waals surface area contributed by atoms with E-state index in [0.717, 1.165) is 41.4 Å². The molecule has 1 aromatic heterocycles. The van der Waals surface area contributed by atoms with Crippen LogP contribution in [0.15, 0.2) is 24.3 Å². The van der Waals surface area contributed by atoms with Crippen molar-refractivity contribution in [3.8, 4) is 0 Å². The number of hydrogen-bond acceptors (Lipinski definition) is 3. The fourth-order valence-corrected chi connectivity index (χ4v) is 2.95. The second kappa shape index (κ2) is 4.72. The van der Waals surface area contributed by atoms with Crippen LogP contribution in [0.1, 0.15) is 25.3 Å². The Morgan fingerprint density at radius 1 is 1.32 bits per heavy atom. The molecule has 3 heteroatoms. The van der Waals surface area contributed by atoms with Crippen LogP contribution in [0.3, 0.4) is 0 Å². The fourth-order valence-electron chi connectivity index (χ4n) is 2.95. The van der Waals surface area contributed by atoms with Crippen molar-refractivity contribution in [2.45, 2.75) is 26.7 Å². The summed E-state index contributed by atoms with van der Waals surface area (Å²) >= 11 is 0. The molecule has 0 bridgehead atoms. The Labute approximate surface area is 114 Å². The van der Waals surface area contributed by atoms with Crippen LogP contribution in [0, 0.1) is 12.8 Å². The molecular weight excluding hydrogens is 234 g/mol. The lowest BCUT2D eigenvalue weighted by Crippen LogP contribution is -2.34. The van der Waals surface area contributed by atoms with Crippen molar-refractivity contribution in [2.24, 2.45) is 5.92 Å². The van der Waals surface area contributed by atoms with Crippen LogP contribution in [0.5, 0.6) is 0 Å². The molecule has 2 aromatic rings. The van der Waals surface area contributed by atoms with Gasteiger partial charge in [-0.15, -0.1) is 0 Å². The van der Waals surface area contributed by atoms with Crippen LogP contribution < -0.4 is 10.6 Å². The smallest absolute Gasteiger partial charge is 0.129 e. The fraction of sp³-hybridized carbons (Fsp3) is 0.438. The zero-order valence-corrected chi connectivity index (χ0v) is 11.7. The van der Waals surface area contributed by atoms with E-state index in [-0.39, 0.29) is 0 Å². The highest BCUT2D eigenvalue weighted by Crippen LogP contribution is 2.27. The predicted octanol–water partition coefficient (Wildman–Crippen LogP) is 3.36. The van der Waals surface area contributed by atoms with Crippen molar-refractivity contribution in [1.82, 2.24) is 4.98 Å². The number of rotatable bonds is 1. The average Bonchev–Trinajstić information content (AvgIpc) is 2.39. The van der Waals surface area contributed by atoms with Crippen molar-refractivity contribution in [3.63, 3.8) is 0 Å². The zero-order valence-electron chi connectivity index (χ0n) is 11.7. The standard InChI is InChI=1S/C16H21N3/c1-11-4-3-7-19(10-11)16-8-12(2)14-9-13(17)5-6-15(14)18-16/h5-6,8-9,11H,3-4,7,10,17H2,1-2H3. The Bertz CT molecular complexity index is 606. The molecule has 0 amide bonds. The second-order valence-corrected chi connectivity index (χ2v) is 5.77. The van der Waals surface area contributed by atoms with E-state index >= 15 is 0 Å². The van der Waals surface area contributed by atoms with Crippen molar-refractivity contribution < 1.29 is 0 Å². The summed E-state index contributed by atoms with van der Waals surface area (Å²) in [5, 5.41) is 1.16. The number of fused-ring (bicyclic) bond motifs is 1. The number of pyridine rings is 1. The first-order valence-electron chi connectivity index (χ1n) is 7.05. The SMILES string of the molecule is Cc1cc(N2CCCC(C)C2)nc2ccc(N)cc12. The molecule has 0 aliphatic carbocycles. The van der Waals surface area contributed by atoms with Gasteiger partial charge in [0.25, 0.3) is 0 Å². The Hall–Kier alpha value is -1.77. The summed E-state index contributed by atoms with van der Waals surface area (Å²) in [6.07, 6.45) is 2.60. The van der Waals surface area contributed by atoms with Crippen molar-refractivity contribution in [2.75, 3.05) is 23.7 Å². The number of nitrogens with two attached hydrogens (primary N) is 1. The van der Waals surface area contributed by atoms with E-state index in [1.807, 2.05) is 18.2 Å². The number of aryl methyl sites for hydroxylation is 1. The first-order valence-corrected chi connectivity index (χ1v) is 7.05. The maximum atomic E-state index is 5.85. The van der Waals surface area contributed by atoms with E-state index in [2.05, 4.69) is 24.8 Å². The number of benzene rings is 1. The maximum absolute atomic E-state index is 5.85. The number of anilines is 2. The third kappa shape index (κ3) is 2.37.